The van der Waals surface area contributed by atoms with E-state index in [-0.39, 0.29) is 0 Å². The molecule has 2 fully saturated rings. The minimum absolute atomic E-state index is 0.760. The summed E-state index contributed by atoms with van der Waals surface area (Å²) < 4.78 is 0. The van der Waals surface area contributed by atoms with E-state index in [0.29, 0.717) is 0 Å². The van der Waals surface area contributed by atoms with Crippen LogP contribution in [0, 0.1) is 5.92 Å². The molecule has 2 aliphatic heterocycles. The van der Waals surface area contributed by atoms with Gasteiger partial charge >= 0.3 is 0 Å². The minimum Gasteiger partial charge on any atom is -0.315 e. The second kappa shape index (κ2) is 7.46. The molecule has 0 spiro atoms. The summed E-state index contributed by atoms with van der Waals surface area (Å²) in [6, 6.07) is 0.760. The Labute approximate surface area is 113 Å². The topological polar surface area (TPSA) is 18.5 Å². The van der Waals surface area contributed by atoms with E-state index in [0.717, 1.165) is 12.0 Å². The van der Waals surface area contributed by atoms with Crippen molar-refractivity contribution in [2.24, 2.45) is 5.92 Å². The van der Waals surface area contributed by atoms with Crippen molar-refractivity contribution in [2.75, 3.05) is 45.8 Å². The molecule has 0 amide bonds. The second-order valence-corrected chi connectivity index (χ2v) is 5.90. The molecule has 106 valence electrons. The Balaban J connectivity index is 1.89. The van der Waals surface area contributed by atoms with E-state index in [9.17, 15) is 0 Å². The Morgan fingerprint density at radius 2 is 1.83 bits per heavy atom. The van der Waals surface area contributed by atoms with Crippen molar-refractivity contribution in [1.29, 1.82) is 0 Å². The summed E-state index contributed by atoms with van der Waals surface area (Å²) in [5.41, 5.74) is 0. The van der Waals surface area contributed by atoms with Gasteiger partial charge in [0, 0.05) is 19.1 Å². The molecule has 0 aliphatic carbocycles. The van der Waals surface area contributed by atoms with Crippen LogP contribution in [0.1, 0.15) is 39.5 Å². The van der Waals surface area contributed by atoms with Gasteiger partial charge in [0.1, 0.15) is 0 Å². The van der Waals surface area contributed by atoms with Gasteiger partial charge in [-0.2, -0.15) is 0 Å². The van der Waals surface area contributed by atoms with Gasteiger partial charge in [-0.25, -0.2) is 0 Å². The quantitative estimate of drug-likeness (QED) is 0.806. The van der Waals surface area contributed by atoms with Crippen LogP contribution in [0.5, 0.6) is 0 Å². The zero-order valence-corrected chi connectivity index (χ0v) is 12.3. The van der Waals surface area contributed by atoms with E-state index in [1.165, 1.54) is 71.5 Å². The molecule has 0 bridgehead atoms. The molecule has 2 saturated heterocycles. The number of hydrogen-bond donors (Lipinski definition) is 1. The van der Waals surface area contributed by atoms with Crippen LogP contribution in [-0.2, 0) is 0 Å². The van der Waals surface area contributed by atoms with Gasteiger partial charge in [0.25, 0.3) is 0 Å². The Morgan fingerprint density at radius 3 is 2.50 bits per heavy atom. The van der Waals surface area contributed by atoms with E-state index < -0.39 is 0 Å². The predicted octanol–water partition coefficient (Wildman–Crippen LogP) is 1.79. The number of likely N-dealkylation sites (tertiary alicyclic amines) is 1. The Kier molecular flexibility index (Phi) is 5.93. The summed E-state index contributed by atoms with van der Waals surface area (Å²) in [4.78, 5) is 5.37. The zero-order valence-electron chi connectivity index (χ0n) is 12.3. The molecule has 0 aromatic rings. The average Bonchev–Trinajstić information content (AvgIpc) is 2.43. The molecule has 0 aromatic carbocycles. The summed E-state index contributed by atoms with van der Waals surface area (Å²) >= 11 is 0. The summed E-state index contributed by atoms with van der Waals surface area (Å²) in [6.45, 7) is 13.4. The third-order valence-electron chi connectivity index (χ3n) is 4.81. The highest BCUT2D eigenvalue weighted by molar-refractivity contribution is 4.87. The lowest BCUT2D eigenvalue weighted by atomic mass is 9.90. The van der Waals surface area contributed by atoms with E-state index in [2.05, 4.69) is 29.0 Å². The molecule has 2 atom stereocenters. The van der Waals surface area contributed by atoms with Gasteiger partial charge in [0.05, 0.1) is 0 Å². The predicted molar refractivity (Wildman–Crippen MR) is 78.0 cm³/mol. The molecule has 0 aromatic heterocycles. The third kappa shape index (κ3) is 3.69. The standard InChI is InChI=1S/C15H31N3/c1-3-18(4-2)15-12-16-9-8-14(15)13-17-10-6-5-7-11-17/h14-16H,3-13H2,1-2H3. The Morgan fingerprint density at radius 1 is 1.11 bits per heavy atom. The molecule has 0 radical (unpaired) electrons. The third-order valence-corrected chi connectivity index (χ3v) is 4.81. The van der Waals surface area contributed by atoms with Crippen molar-refractivity contribution in [2.45, 2.75) is 45.6 Å². The SMILES string of the molecule is CCN(CC)C1CNCCC1CN1CCCCC1. The first-order valence-electron chi connectivity index (χ1n) is 8.02. The first-order chi connectivity index (χ1) is 8.85. The molecule has 0 saturated carbocycles. The van der Waals surface area contributed by atoms with Crippen molar-refractivity contribution < 1.29 is 0 Å². The van der Waals surface area contributed by atoms with Gasteiger partial charge in [0.2, 0.25) is 0 Å². The molecule has 2 aliphatic rings. The minimum atomic E-state index is 0.760. The first kappa shape index (κ1) is 14.3. The van der Waals surface area contributed by atoms with Crippen LogP contribution in [0.15, 0.2) is 0 Å². The molecule has 2 rings (SSSR count). The van der Waals surface area contributed by atoms with Gasteiger partial charge in [-0.15, -0.1) is 0 Å². The highest BCUT2D eigenvalue weighted by Crippen LogP contribution is 2.21. The summed E-state index contributed by atoms with van der Waals surface area (Å²) in [5, 5.41) is 3.59. The number of nitrogens with one attached hydrogen (secondary N) is 1. The lowest BCUT2D eigenvalue weighted by molar-refractivity contribution is 0.0864. The zero-order chi connectivity index (χ0) is 12.8. The fourth-order valence-corrected chi connectivity index (χ4v) is 3.70. The van der Waals surface area contributed by atoms with Crippen LogP contribution in [-0.4, -0.2) is 61.7 Å². The summed E-state index contributed by atoms with van der Waals surface area (Å²) in [6.07, 6.45) is 5.64. The van der Waals surface area contributed by atoms with Gasteiger partial charge in [0.15, 0.2) is 0 Å². The lowest BCUT2D eigenvalue weighted by Crippen LogP contribution is -2.54. The fraction of sp³-hybridized carbons (Fsp3) is 1.00. The highest BCUT2D eigenvalue weighted by Gasteiger charge is 2.30. The molecular formula is C15H31N3. The van der Waals surface area contributed by atoms with E-state index in [1.54, 1.807) is 0 Å². The maximum absolute atomic E-state index is 3.59. The van der Waals surface area contributed by atoms with Crippen LogP contribution < -0.4 is 5.32 Å². The van der Waals surface area contributed by atoms with Crippen molar-refractivity contribution in [3.8, 4) is 0 Å². The molecule has 2 heterocycles. The first-order valence-corrected chi connectivity index (χ1v) is 8.02. The van der Waals surface area contributed by atoms with Crippen molar-refractivity contribution in [3.05, 3.63) is 0 Å². The Hall–Kier alpha value is -0.120. The average molecular weight is 253 g/mol. The molecule has 1 N–H and O–H groups in total. The number of likely N-dealkylation sites (N-methyl/N-ethyl adjacent to an activating group) is 1. The van der Waals surface area contributed by atoms with Crippen LogP contribution in [0.2, 0.25) is 0 Å². The van der Waals surface area contributed by atoms with Gasteiger partial charge in [-0.1, -0.05) is 20.3 Å². The fourth-order valence-electron chi connectivity index (χ4n) is 3.70. The van der Waals surface area contributed by atoms with Crippen molar-refractivity contribution in [3.63, 3.8) is 0 Å². The van der Waals surface area contributed by atoms with Crippen LogP contribution in [0.3, 0.4) is 0 Å². The number of piperidine rings is 2. The largest absolute Gasteiger partial charge is 0.315 e. The molecule has 3 nitrogen and oxygen atoms in total. The van der Waals surface area contributed by atoms with Crippen molar-refractivity contribution in [1.82, 2.24) is 15.1 Å². The number of rotatable bonds is 5. The van der Waals surface area contributed by atoms with Crippen LogP contribution >= 0.6 is 0 Å². The van der Waals surface area contributed by atoms with Crippen LogP contribution in [0.25, 0.3) is 0 Å². The van der Waals surface area contributed by atoms with E-state index in [4.69, 9.17) is 0 Å². The lowest BCUT2D eigenvalue weighted by Gasteiger charge is -2.42. The molecule has 2 unspecified atom stereocenters. The second-order valence-electron chi connectivity index (χ2n) is 5.90. The van der Waals surface area contributed by atoms with Gasteiger partial charge < -0.3 is 10.2 Å². The normalized spacial score (nSPS) is 30.8. The summed E-state index contributed by atoms with van der Waals surface area (Å²) in [7, 11) is 0. The molecular weight excluding hydrogens is 222 g/mol. The van der Waals surface area contributed by atoms with E-state index in [1.807, 2.05) is 0 Å². The van der Waals surface area contributed by atoms with Gasteiger partial charge in [-0.3, -0.25) is 4.90 Å². The van der Waals surface area contributed by atoms with Crippen molar-refractivity contribution >= 4 is 0 Å². The maximum atomic E-state index is 3.59. The highest BCUT2D eigenvalue weighted by atomic mass is 15.2. The Bertz CT molecular complexity index is 222. The number of hydrogen-bond acceptors (Lipinski definition) is 3. The van der Waals surface area contributed by atoms with Crippen LogP contribution in [0.4, 0.5) is 0 Å². The molecule has 18 heavy (non-hydrogen) atoms. The smallest absolute Gasteiger partial charge is 0.0261 e. The monoisotopic (exact) mass is 253 g/mol. The van der Waals surface area contributed by atoms with Gasteiger partial charge in [-0.05, 0) is 57.9 Å². The maximum Gasteiger partial charge on any atom is 0.0261 e. The molecule has 3 heteroatoms. The number of nitrogens with zero attached hydrogens (tertiary/aromatic N) is 2. The summed E-state index contributed by atoms with van der Waals surface area (Å²) in [5.74, 6) is 0.879. The van der Waals surface area contributed by atoms with E-state index >= 15 is 0 Å².